The fraction of sp³-hybridized carbons (Fsp3) is 0.562. The van der Waals surface area contributed by atoms with Crippen LogP contribution in [0, 0.1) is 5.92 Å². The van der Waals surface area contributed by atoms with Crippen LogP contribution in [0.5, 0.6) is 0 Å². The maximum absolute atomic E-state index is 11.8. The van der Waals surface area contributed by atoms with Crippen molar-refractivity contribution in [3.05, 3.63) is 35.9 Å². The lowest BCUT2D eigenvalue weighted by atomic mass is 10.1. The van der Waals surface area contributed by atoms with Crippen molar-refractivity contribution in [3.8, 4) is 0 Å². The van der Waals surface area contributed by atoms with E-state index < -0.39 is 0 Å². The van der Waals surface area contributed by atoms with Crippen LogP contribution in [-0.4, -0.2) is 31.4 Å². The minimum atomic E-state index is 0.150. The highest BCUT2D eigenvalue weighted by atomic mass is 16.1. The van der Waals surface area contributed by atoms with Crippen LogP contribution < -0.4 is 5.32 Å². The van der Waals surface area contributed by atoms with Crippen LogP contribution in [0.1, 0.15) is 38.3 Å². The number of nitrogens with one attached hydrogen (secondary N) is 1. The summed E-state index contributed by atoms with van der Waals surface area (Å²) in [5.41, 5.74) is 1.23. The summed E-state index contributed by atoms with van der Waals surface area (Å²) in [7, 11) is 4.08. The van der Waals surface area contributed by atoms with Gasteiger partial charge in [0.2, 0.25) is 5.91 Å². The smallest absolute Gasteiger partial charge is 0.220 e. The average Bonchev–Trinajstić information content (AvgIpc) is 2.37. The van der Waals surface area contributed by atoms with E-state index in [9.17, 15) is 4.79 Å². The number of likely N-dealkylation sites (N-methyl/N-ethyl adjacent to an activating group) is 1. The van der Waals surface area contributed by atoms with Gasteiger partial charge in [-0.15, -0.1) is 0 Å². The van der Waals surface area contributed by atoms with Gasteiger partial charge in [-0.25, -0.2) is 0 Å². The molecule has 0 spiro atoms. The van der Waals surface area contributed by atoms with Gasteiger partial charge in [0, 0.05) is 13.0 Å². The van der Waals surface area contributed by atoms with Gasteiger partial charge in [0.25, 0.3) is 0 Å². The third-order valence-corrected chi connectivity index (χ3v) is 3.25. The number of hydrogen-bond acceptors (Lipinski definition) is 2. The molecule has 0 aromatic heterocycles. The van der Waals surface area contributed by atoms with Crippen molar-refractivity contribution in [2.75, 3.05) is 20.6 Å². The lowest BCUT2D eigenvalue weighted by Gasteiger charge is -2.25. The van der Waals surface area contributed by atoms with Crippen LogP contribution in [0.15, 0.2) is 30.3 Å². The zero-order valence-corrected chi connectivity index (χ0v) is 12.5. The van der Waals surface area contributed by atoms with Gasteiger partial charge in [0.1, 0.15) is 0 Å². The maximum atomic E-state index is 11.8. The molecule has 0 aliphatic heterocycles. The SMILES string of the molecule is CC(C)CCC(=O)NCC(c1ccccc1)N(C)C. The fourth-order valence-corrected chi connectivity index (χ4v) is 1.99. The van der Waals surface area contributed by atoms with Crippen molar-refractivity contribution < 1.29 is 4.79 Å². The number of nitrogens with zero attached hydrogens (tertiary/aromatic N) is 1. The molecule has 0 aliphatic carbocycles. The first-order valence-electron chi connectivity index (χ1n) is 6.98. The second-order valence-corrected chi connectivity index (χ2v) is 5.63. The van der Waals surface area contributed by atoms with Gasteiger partial charge in [0.15, 0.2) is 0 Å². The van der Waals surface area contributed by atoms with Gasteiger partial charge in [-0.3, -0.25) is 4.79 Å². The molecule has 1 atom stereocenters. The van der Waals surface area contributed by atoms with Crippen molar-refractivity contribution in [2.24, 2.45) is 5.92 Å². The molecule has 3 heteroatoms. The minimum absolute atomic E-state index is 0.150. The summed E-state index contributed by atoms with van der Waals surface area (Å²) < 4.78 is 0. The van der Waals surface area contributed by atoms with Crippen LogP contribution in [-0.2, 0) is 4.79 Å². The summed E-state index contributed by atoms with van der Waals surface area (Å²) in [6.07, 6.45) is 1.57. The van der Waals surface area contributed by atoms with Crippen LogP contribution in [0.3, 0.4) is 0 Å². The topological polar surface area (TPSA) is 32.3 Å². The fourth-order valence-electron chi connectivity index (χ4n) is 1.99. The number of hydrogen-bond donors (Lipinski definition) is 1. The second-order valence-electron chi connectivity index (χ2n) is 5.63. The molecule has 0 heterocycles. The molecule has 19 heavy (non-hydrogen) atoms. The Kier molecular flexibility index (Phi) is 6.57. The van der Waals surface area contributed by atoms with E-state index in [1.807, 2.05) is 32.3 Å². The van der Waals surface area contributed by atoms with Gasteiger partial charge in [0.05, 0.1) is 6.04 Å². The van der Waals surface area contributed by atoms with Crippen molar-refractivity contribution in [1.29, 1.82) is 0 Å². The van der Waals surface area contributed by atoms with E-state index in [1.54, 1.807) is 0 Å². The molecule has 0 aliphatic rings. The Morgan fingerprint density at radius 3 is 2.37 bits per heavy atom. The number of carbonyl (C=O) groups is 1. The molecule has 0 saturated carbocycles. The largest absolute Gasteiger partial charge is 0.354 e. The summed E-state index contributed by atoms with van der Waals surface area (Å²) in [5, 5.41) is 3.04. The molecule has 1 rings (SSSR count). The first-order valence-corrected chi connectivity index (χ1v) is 6.98. The van der Waals surface area contributed by atoms with E-state index in [0.29, 0.717) is 18.9 Å². The second kappa shape index (κ2) is 7.95. The molecule has 0 radical (unpaired) electrons. The lowest BCUT2D eigenvalue weighted by molar-refractivity contribution is -0.121. The Balaban J connectivity index is 2.49. The van der Waals surface area contributed by atoms with Crippen LogP contribution >= 0.6 is 0 Å². The van der Waals surface area contributed by atoms with Gasteiger partial charge in [-0.2, -0.15) is 0 Å². The Labute approximate surface area is 117 Å². The van der Waals surface area contributed by atoms with E-state index in [-0.39, 0.29) is 11.9 Å². The zero-order valence-electron chi connectivity index (χ0n) is 12.5. The van der Waals surface area contributed by atoms with E-state index >= 15 is 0 Å². The molecular weight excluding hydrogens is 236 g/mol. The summed E-state index contributed by atoms with van der Waals surface area (Å²) >= 11 is 0. The molecule has 0 fully saturated rings. The highest BCUT2D eigenvalue weighted by Crippen LogP contribution is 2.16. The van der Waals surface area contributed by atoms with E-state index in [0.717, 1.165) is 6.42 Å². The highest BCUT2D eigenvalue weighted by molar-refractivity contribution is 5.75. The molecule has 1 aromatic carbocycles. The monoisotopic (exact) mass is 262 g/mol. The molecule has 106 valence electrons. The van der Waals surface area contributed by atoms with Crippen molar-refractivity contribution in [1.82, 2.24) is 10.2 Å². The average molecular weight is 262 g/mol. The maximum Gasteiger partial charge on any atom is 0.220 e. The molecule has 1 unspecified atom stereocenters. The third-order valence-electron chi connectivity index (χ3n) is 3.25. The number of benzene rings is 1. The van der Waals surface area contributed by atoms with Crippen molar-refractivity contribution in [3.63, 3.8) is 0 Å². The van der Waals surface area contributed by atoms with Gasteiger partial charge >= 0.3 is 0 Å². The predicted octanol–water partition coefficient (Wildman–Crippen LogP) is 2.84. The van der Waals surface area contributed by atoms with Crippen molar-refractivity contribution >= 4 is 5.91 Å². The minimum Gasteiger partial charge on any atom is -0.354 e. The predicted molar refractivity (Wildman–Crippen MR) is 80.0 cm³/mol. The van der Waals surface area contributed by atoms with Crippen LogP contribution in [0.2, 0.25) is 0 Å². The summed E-state index contributed by atoms with van der Waals surface area (Å²) in [6, 6.07) is 10.5. The van der Waals surface area contributed by atoms with E-state index in [4.69, 9.17) is 0 Å². The third kappa shape index (κ3) is 5.88. The number of amides is 1. The van der Waals surface area contributed by atoms with Gasteiger partial charge < -0.3 is 10.2 Å². The Bertz CT molecular complexity index is 374. The van der Waals surface area contributed by atoms with E-state index in [2.05, 4.69) is 36.2 Å². The molecular formula is C16H26N2O. The quantitative estimate of drug-likeness (QED) is 0.819. The van der Waals surface area contributed by atoms with Gasteiger partial charge in [-0.05, 0) is 32.0 Å². The first-order chi connectivity index (χ1) is 9.00. The molecule has 1 amide bonds. The zero-order chi connectivity index (χ0) is 14.3. The van der Waals surface area contributed by atoms with Crippen molar-refractivity contribution in [2.45, 2.75) is 32.7 Å². The first kappa shape index (κ1) is 15.7. The Hall–Kier alpha value is -1.35. The Morgan fingerprint density at radius 2 is 1.84 bits per heavy atom. The Morgan fingerprint density at radius 1 is 1.21 bits per heavy atom. The summed E-state index contributed by atoms with van der Waals surface area (Å²) in [5.74, 6) is 0.723. The van der Waals surface area contributed by atoms with E-state index in [1.165, 1.54) is 5.56 Å². The van der Waals surface area contributed by atoms with Crippen LogP contribution in [0.25, 0.3) is 0 Å². The van der Waals surface area contributed by atoms with Gasteiger partial charge in [-0.1, -0.05) is 44.2 Å². The molecule has 0 bridgehead atoms. The normalized spacial score (nSPS) is 12.7. The lowest BCUT2D eigenvalue weighted by Crippen LogP contribution is -2.34. The molecule has 0 saturated heterocycles. The van der Waals surface area contributed by atoms with Crippen LogP contribution in [0.4, 0.5) is 0 Å². The number of carbonyl (C=O) groups excluding carboxylic acids is 1. The molecule has 1 N–H and O–H groups in total. The summed E-state index contributed by atoms with van der Waals surface area (Å²) in [6.45, 7) is 4.94. The number of rotatable bonds is 7. The summed E-state index contributed by atoms with van der Waals surface area (Å²) in [4.78, 5) is 13.9. The molecule has 3 nitrogen and oxygen atoms in total. The molecule has 1 aromatic rings. The highest BCUT2D eigenvalue weighted by Gasteiger charge is 2.14. The standard InChI is InChI=1S/C16H26N2O/c1-13(2)10-11-16(19)17-12-15(18(3)4)14-8-6-5-7-9-14/h5-9,13,15H,10-12H2,1-4H3,(H,17,19).